The molecule has 2 aromatic carbocycles. The van der Waals surface area contributed by atoms with Gasteiger partial charge in [-0.05, 0) is 70.2 Å². The van der Waals surface area contributed by atoms with Crippen molar-refractivity contribution in [2.75, 3.05) is 5.32 Å². The van der Waals surface area contributed by atoms with Gasteiger partial charge in [0.25, 0.3) is 0 Å². The maximum Gasteiger partial charge on any atom is 0.0568 e. The molecule has 0 spiro atoms. The lowest BCUT2D eigenvalue weighted by atomic mass is 10.1. The SMILES string of the molecule is Clc1ccc2c(c1)CCC2Nc1ccc(Br)c(Cl)c1. The summed E-state index contributed by atoms with van der Waals surface area (Å²) >= 11 is 15.5. The number of fused-ring (bicyclic) bond motifs is 1. The second-order valence-corrected chi connectivity index (χ2v) is 6.41. The van der Waals surface area contributed by atoms with Crippen LogP contribution in [0.15, 0.2) is 40.9 Å². The monoisotopic (exact) mass is 355 g/mol. The lowest BCUT2D eigenvalue weighted by Crippen LogP contribution is -2.06. The molecule has 0 radical (unpaired) electrons. The van der Waals surface area contributed by atoms with Crippen LogP contribution in [0.5, 0.6) is 0 Å². The molecule has 98 valence electrons. The smallest absolute Gasteiger partial charge is 0.0568 e. The van der Waals surface area contributed by atoms with E-state index in [9.17, 15) is 0 Å². The van der Waals surface area contributed by atoms with E-state index in [1.165, 1.54) is 11.1 Å². The highest BCUT2D eigenvalue weighted by Gasteiger charge is 2.22. The van der Waals surface area contributed by atoms with Crippen molar-refractivity contribution < 1.29 is 0 Å². The molecule has 1 nitrogen and oxygen atoms in total. The number of hydrogen-bond donors (Lipinski definition) is 1. The zero-order valence-corrected chi connectivity index (χ0v) is 13.2. The van der Waals surface area contributed by atoms with E-state index in [1.54, 1.807) is 0 Å². The van der Waals surface area contributed by atoms with Gasteiger partial charge in [-0.1, -0.05) is 29.3 Å². The number of anilines is 1. The van der Waals surface area contributed by atoms with Gasteiger partial charge in [-0.3, -0.25) is 0 Å². The molecule has 0 amide bonds. The van der Waals surface area contributed by atoms with Crippen molar-refractivity contribution in [1.82, 2.24) is 0 Å². The molecule has 2 aromatic rings. The van der Waals surface area contributed by atoms with Crippen LogP contribution in [0, 0.1) is 0 Å². The number of nitrogens with one attached hydrogen (secondary N) is 1. The predicted octanol–water partition coefficient (Wildman–Crippen LogP) is 5.86. The molecule has 19 heavy (non-hydrogen) atoms. The third kappa shape index (κ3) is 2.76. The molecule has 0 saturated carbocycles. The maximum atomic E-state index is 6.12. The van der Waals surface area contributed by atoms with Gasteiger partial charge in [-0.15, -0.1) is 0 Å². The van der Waals surface area contributed by atoms with Gasteiger partial charge in [0.1, 0.15) is 0 Å². The van der Waals surface area contributed by atoms with Crippen LogP contribution in [0.25, 0.3) is 0 Å². The van der Waals surface area contributed by atoms with Crippen molar-refractivity contribution in [2.45, 2.75) is 18.9 Å². The van der Waals surface area contributed by atoms with E-state index in [0.717, 1.165) is 33.0 Å². The van der Waals surface area contributed by atoms with Gasteiger partial charge in [0.15, 0.2) is 0 Å². The molecule has 0 fully saturated rings. The molecule has 0 aromatic heterocycles. The fourth-order valence-corrected chi connectivity index (χ4v) is 3.14. The van der Waals surface area contributed by atoms with Crippen molar-refractivity contribution in [1.29, 1.82) is 0 Å². The van der Waals surface area contributed by atoms with Crippen LogP contribution in [-0.4, -0.2) is 0 Å². The Balaban J connectivity index is 1.84. The fourth-order valence-electron chi connectivity index (χ4n) is 2.52. The summed E-state index contributed by atoms with van der Waals surface area (Å²) in [5.41, 5.74) is 3.72. The van der Waals surface area contributed by atoms with E-state index in [2.05, 4.69) is 33.4 Å². The molecular formula is C15H12BrCl2N. The van der Waals surface area contributed by atoms with Gasteiger partial charge in [0.05, 0.1) is 11.1 Å². The molecule has 4 heteroatoms. The number of rotatable bonds is 2. The first-order chi connectivity index (χ1) is 9.13. The second-order valence-electron chi connectivity index (χ2n) is 4.71. The van der Waals surface area contributed by atoms with Crippen molar-refractivity contribution in [3.05, 3.63) is 62.0 Å². The molecule has 1 aliphatic carbocycles. The first-order valence-corrected chi connectivity index (χ1v) is 7.68. The molecule has 0 saturated heterocycles. The van der Waals surface area contributed by atoms with Crippen LogP contribution in [0.2, 0.25) is 10.0 Å². The zero-order chi connectivity index (χ0) is 13.4. The van der Waals surface area contributed by atoms with Crippen LogP contribution < -0.4 is 5.32 Å². The number of aryl methyl sites for hydroxylation is 1. The molecule has 0 aliphatic heterocycles. The normalized spacial score (nSPS) is 17.3. The number of benzene rings is 2. The van der Waals surface area contributed by atoms with Crippen LogP contribution >= 0.6 is 39.1 Å². The van der Waals surface area contributed by atoms with E-state index < -0.39 is 0 Å². The zero-order valence-electron chi connectivity index (χ0n) is 10.1. The molecular weight excluding hydrogens is 345 g/mol. The lowest BCUT2D eigenvalue weighted by molar-refractivity contribution is 0.762. The van der Waals surface area contributed by atoms with Gasteiger partial charge >= 0.3 is 0 Å². The Morgan fingerprint density at radius 2 is 1.95 bits per heavy atom. The Hall–Kier alpha value is -0.700. The molecule has 3 rings (SSSR count). The van der Waals surface area contributed by atoms with E-state index in [0.29, 0.717) is 6.04 Å². The number of halogens is 3. The Bertz CT molecular complexity index is 628. The summed E-state index contributed by atoms with van der Waals surface area (Å²) < 4.78 is 0.915. The Kier molecular flexibility index (Phi) is 3.75. The summed E-state index contributed by atoms with van der Waals surface area (Å²) in [6.45, 7) is 0. The van der Waals surface area contributed by atoms with Gasteiger partial charge in [0, 0.05) is 15.2 Å². The van der Waals surface area contributed by atoms with Crippen LogP contribution in [-0.2, 0) is 6.42 Å². The minimum atomic E-state index is 0.338. The Labute approximate surface area is 131 Å². The lowest BCUT2D eigenvalue weighted by Gasteiger charge is -2.16. The van der Waals surface area contributed by atoms with Crippen LogP contribution in [0.1, 0.15) is 23.6 Å². The number of hydrogen-bond acceptors (Lipinski definition) is 1. The van der Waals surface area contributed by atoms with Crippen molar-refractivity contribution in [3.8, 4) is 0 Å². The van der Waals surface area contributed by atoms with Crippen molar-refractivity contribution in [2.24, 2.45) is 0 Å². The average molecular weight is 357 g/mol. The predicted molar refractivity (Wildman–Crippen MR) is 85.3 cm³/mol. The van der Waals surface area contributed by atoms with Crippen LogP contribution in [0.3, 0.4) is 0 Å². The first kappa shape index (κ1) is 13.3. The molecule has 0 bridgehead atoms. The maximum absolute atomic E-state index is 6.12. The quantitative estimate of drug-likeness (QED) is 0.711. The Morgan fingerprint density at radius 3 is 2.74 bits per heavy atom. The highest BCUT2D eigenvalue weighted by Crippen LogP contribution is 2.36. The van der Waals surface area contributed by atoms with Crippen molar-refractivity contribution in [3.63, 3.8) is 0 Å². The van der Waals surface area contributed by atoms with E-state index in [1.807, 2.05) is 24.3 Å². The summed E-state index contributed by atoms with van der Waals surface area (Å²) in [5, 5.41) is 5.07. The van der Waals surface area contributed by atoms with E-state index in [4.69, 9.17) is 23.2 Å². The molecule has 1 N–H and O–H groups in total. The van der Waals surface area contributed by atoms with E-state index in [-0.39, 0.29) is 0 Å². The average Bonchev–Trinajstić information content (AvgIpc) is 2.76. The second kappa shape index (κ2) is 5.35. The summed E-state index contributed by atoms with van der Waals surface area (Å²) in [7, 11) is 0. The standard InChI is InChI=1S/C15H12BrCl2N/c16-13-5-3-11(8-14(13)18)19-15-6-1-9-7-10(17)2-4-12(9)15/h2-5,7-8,15,19H,1,6H2. The third-order valence-electron chi connectivity index (χ3n) is 3.44. The summed E-state index contributed by atoms with van der Waals surface area (Å²) in [6.07, 6.45) is 2.15. The minimum Gasteiger partial charge on any atom is -0.378 e. The topological polar surface area (TPSA) is 12.0 Å². The highest BCUT2D eigenvalue weighted by atomic mass is 79.9. The highest BCUT2D eigenvalue weighted by molar-refractivity contribution is 9.10. The molecule has 0 heterocycles. The summed E-state index contributed by atoms with van der Waals surface area (Å²) in [4.78, 5) is 0. The largest absolute Gasteiger partial charge is 0.378 e. The van der Waals surface area contributed by atoms with E-state index >= 15 is 0 Å². The summed E-state index contributed by atoms with van der Waals surface area (Å²) in [6, 6.07) is 12.4. The molecule has 1 aliphatic rings. The molecule has 1 atom stereocenters. The fraction of sp³-hybridized carbons (Fsp3) is 0.200. The van der Waals surface area contributed by atoms with Gasteiger partial charge in [-0.25, -0.2) is 0 Å². The summed E-state index contributed by atoms with van der Waals surface area (Å²) in [5.74, 6) is 0. The van der Waals surface area contributed by atoms with Gasteiger partial charge in [-0.2, -0.15) is 0 Å². The Morgan fingerprint density at radius 1 is 1.11 bits per heavy atom. The minimum absolute atomic E-state index is 0.338. The van der Waals surface area contributed by atoms with Crippen LogP contribution in [0.4, 0.5) is 5.69 Å². The third-order valence-corrected chi connectivity index (χ3v) is 4.91. The van der Waals surface area contributed by atoms with Gasteiger partial charge in [0.2, 0.25) is 0 Å². The van der Waals surface area contributed by atoms with Gasteiger partial charge < -0.3 is 5.32 Å². The van der Waals surface area contributed by atoms with Crippen molar-refractivity contribution >= 4 is 44.8 Å². The first-order valence-electron chi connectivity index (χ1n) is 6.13. The molecule has 1 unspecified atom stereocenters.